The minimum Gasteiger partial charge on any atom is -0.457 e. The molecule has 4 heteroatoms. The third-order valence-electron chi connectivity index (χ3n) is 5.04. The molecular weight excluding hydrogens is 420 g/mol. The Balaban J connectivity index is 1.86. The summed E-state index contributed by atoms with van der Waals surface area (Å²) in [6.45, 7) is 8.02. The molecule has 3 rings (SSSR count). The van der Waals surface area contributed by atoms with Crippen molar-refractivity contribution in [1.29, 1.82) is 0 Å². The number of para-hydroxylation sites is 1. The molecule has 3 aromatic rings. The van der Waals surface area contributed by atoms with Gasteiger partial charge in [-0.15, -0.1) is 0 Å². The van der Waals surface area contributed by atoms with E-state index in [1.165, 1.54) is 0 Å². The average Bonchev–Trinajstić information content (AvgIpc) is 2.75. The summed E-state index contributed by atoms with van der Waals surface area (Å²) in [4.78, 5) is 13.3. The summed E-state index contributed by atoms with van der Waals surface area (Å²) >= 11 is 6.03. The van der Waals surface area contributed by atoms with E-state index in [4.69, 9.17) is 21.1 Å². The van der Waals surface area contributed by atoms with Crippen LogP contribution in [0.25, 0.3) is 0 Å². The van der Waals surface area contributed by atoms with E-state index in [9.17, 15) is 4.79 Å². The van der Waals surface area contributed by atoms with Gasteiger partial charge in [0.1, 0.15) is 17.6 Å². The van der Waals surface area contributed by atoms with E-state index in [-0.39, 0.29) is 17.8 Å². The highest BCUT2D eigenvalue weighted by Gasteiger charge is 2.28. The van der Waals surface area contributed by atoms with Gasteiger partial charge in [0.25, 0.3) is 0 Å². The van der Waals surface area contributed by atoms with E-state index in [1.54, 1.807) is 12.1 Å². The summed E-state index contributed by atoms with van der Waals surface area (Å²) in [6, 6.07) is 24.6. The van der Waals surface area contributed by atoms with E-state index >= 15 is 0 Å². The smallest absolute Gasteiger partial charge is 0.314 e. The first-order valence-electron chi connectivity index (χ1n) is 10.8. The van der Waals surface area contributed by atoms with Crippen molar-refractivity contribution in [3.8, 4) is 11.5 Å². The number of hydrogen-bond donors (Lipinski definition) is 0. The Hall–Kier alpha value is -3.04. The molecule has 166 valence electrons. The fraction of sp³-hybridized carbons (Fsp3) is 0.250. The molecule has 0 aliphatic heterocycles. The van der Waals surface area contributed by atoms with Gasteiger partial charge in [0.05, 0.1) is 5.92 Å². The van der Waals surface area contributed by atoms with Crippen LogP contribution in [0.2, 0.25) is 5.02 Å². The van der Waals surface area contributed by atoms with Gasteiger partial charge < -0.3 is 9.47 Å². The number of esters is 1. The number of carbonyl (C=O) groups is 1. The third kappa shape index (κ3) is 6.48. The Morgan fingerprint density at radius 2 is 1.50 bits per heavy atom. The maximum atomic E-state index is 13.3. The van der Waals surface area contributed by atoms with E-state index in [1.807, 2.05) is 101 Å². The molecule has 0 fully saturated rings. The summed E-state index contributed by atoms with van der Waals surface area (Å²) < 4.78 is 12.0. The highest BCUT2D eigenvalue weighted by Crippen LogP contribution is 2.32. The van der Waals surface area contributed by atoms with Gasteiger partial charge in [0.15, 0.2) is 0 Å². The Morgan fingerprint density at radius 1 is 0.844 bits per heavy atom. The molecule has 0 aliphatic carbocycles. The van der Waals surface area contributed by atoms with Crippen molar-refractivity contribution < 1.29 is 14.3 Å². The van der Waals surface area contributed by atoms with Gasteiger partial charge in [-0.1, -0.05) is 73.5 Å². The largest absolute Gasteiger partial charge is 0.457 e. The van der Waals surface area contributed by atoms with Gasteiger partial charge >= 0.3 is 5.97 Å². The number of rotatable bonds is 8. The molecule has 0 saturated heterocycles. The number of ether oxygens (including phenoxy) is 2. The summed E-state index contributed by atoms with van der Waals surface area (Å²) in [5.74, 6) is 0.866. The summed E-state index contributed by atoms with van der Waals surface area (Å²) in [5, 5.41) is 0.641. The predicted molar refractivity (Wildman–Crippen MR) is 130 cm³/mol. The molecule has 0 amide bonds. The normalized spacial score (nSPS) is 12.7. The highest BCUT2D eigenvalue weighted by molar-refractivity contribution is 6.30. The first-order valence-corrected chi connectivity index (χ1v) is 11.1. The number of halogens is 1. The third-order valence-corrected chi connectivity index (χ3v) is 5.30. The zero-order chi connectivity index (χ0) is 23.1. The summed E-state index contributed by atoms with van der Waals surface area (Å²) in [7, 11) is 0. The van der Waals surface area contributed by atoms with Crippen LogP contribution >= 0.6 is 11.6 Å². The van der Waals surface area contributed by atoms with Crippen LogP contribution in [0.1, 0.15) is 50.8 Å². The number of allylic oxidation sites excluding steroid dienone is 1. The Morgan fingerprint density at radius 3 is 2.12 bits per heavy atom. The van der Waals surface area contributed by atoms with Gasteiger partial charge in [-0.25, -0.2) is 0 Å². The van der Waals surface area contributed by atoms with Crippen molar-refractivity contribution in [2.24, 2.45) is 5.92 Å². The molecule has 0 N–H and O–H groups in total. The van der Waals surface area contributed by atoms with Gasteiger partial charge in [-0.3, -0.25) is 4.79 Å². The molecule has 32 heavy (non-hydrogen) atoms. The minimum atomic E-state index is -0.514. The second kappa shape index (κ2) is 11.0. The van der Waals surface area contributed by atoms with Crippen molar-refractivity contribution in [1.82, 2.24) is 0 Å². The van der Waals surface area contributed by atoms with E-state index in [2.05, 4.69) is 0 Å². The maximum absolute atomic E-state index is 13.3. The minimum absolute atomic E-state index is 0.0729. The predicted octanol–water partition coefficient (Wildman–Crippen LogP) is 8.12. The number of carbonyl (C=O) groups excluding carboxylic acids is 1. The molecule has 0 aromatic heterocycles. The van der Waals surface area contributed by atoms with Crippen LogP contribution in [-0.4, -0.2) is 5.97 Å². The monoisotopic (exact) mass is 448 g/mol. The Bertz CT molecular complexity index is 1050. The van der Waals surface area contributed by atoms with Crippen LogP contribution in [0.5, 0.6) is 11.5 Å². The quantitative estimate of drug-likeness (QED) is 0.258. The van der Waals surface area contributed by atoms with Crippen LogP contribution in [0.4, 0.5) is 0 Å². The van der Waals surface area contributed by atoms with Crippen LogP contribution in [-0.2, 0) is 9.53 Å². The zero-order valence-electron chi connectivity index (χ0n) is 18.9. The van der Waals surface area contributed by atoms with Crippen LogP contribution in [0.15, 0.2) is 90.5 Å². The lowest BCUT2D eigenvalue weighted by molar-refractivity contribution is -0.150. The molecule has 0 spiro atoms. The SMILES string of the molecule is CC(C)=CC(OC(=O)C(c1ccc(Cl)cc1)C(C)C)c1cccc(Oc2ccccc2)c1. The van der Waals surface area contributed by atoms with Crippen molar-refractivity contribution in [3.63, 3.8) is 0 Å². The maximum Gasteiger partial charge on any atom is 0.314 e. The second-order valence-electron chi connectivity index (χ2n) is 8.36. The van der Waals surface area contributed by atoms with E-state index in [0.29, 0.717) is 10.8 Å². The summed E-state index contributed by atoms with van der Waals surface area (Å²) in [6.07, 6.45) is 1.44. The topological polar surface area (TPSA) is 35.5 Å². The molecule has 2 unspecified atom stereocenters. The number of benzene rings is 3. The van der Waals surface area contributed by atoms with Crippen molar-refractivity contribution >= 4 is 17.6 Å². The van der Waals surface area contributed by atoms with Gasteiger partial charge in [0.2, 0.25) is 0 Å². The molecule has 3 aromatic carbocycles. The molecule has 0 radical (unpaired) electrons. The summed E-state index contributed by atoms with van der Waals surface area (Å²) in [5.41, 5.74) is 2.81. The van der Waals surface area contributed by atoms with Gasteiger partial charge in [-0.2, -0.15) is 0 Å². The Labute approximate surface area is 195 Å². The van der Waals surface area contributed by atoms with Crippen LogP contribution in [0, 0.1) is 5.92 Å². The standard InChI is InChI=1S/C28H29ClO3/c1-19(2)17-26(22-9-8-12-25(18-22)31-24-10-6-5-7-11-24)32-28(30)27(20(3)4)21-13-15-23(29)16-14-21/h5-18,20,26-27H,1-4H3. The molecule has 0 saturated carbocycles. The second-order valence-corrected chi connectivity index (χ2v) is 8.80. The lowest BCUT2D eigenvalue weighted by atomic mass is 9.88. The lowest BCUT2D eigenvalue weighted by Gasteiger charge is -2.24. The number of hydrogen-bond acceptors (Lipinski definition) is 3. The fourth-order valence-electron chi connectivity index (χ4n) is 3.54. The lowest BCUT2D eigenvalue weighted by Crippen LogP contribution is -2.22. The van der Waals surface area contributed by atoms with E-state index in [0.717, 1.165) is 22.4 Å². The first kappa shape index (κ1) is 23.6. The molecule has 3 nitrogen and oxygen atoms in total. The molecule has 0 heterocycles. The molecular formula is C28H29ClO3. The van der Waals surface area contributed by atoms with Crippen molar-refractivity contribution in [2.45, 2.75) is 39.7 Å². The van der Waals surface area contributed by atoms with Crippen LogP contribution in [0.3, 0.4) is 0 Å². The van der Waals surface area contributed by atoms with E-state index < -0.39 is 6.10 Å². The van der Waals surface area contributed by atoms with Gasteiger partial charge in [0, 0.05) is 10.6 Å². The van der Waals surface area contributed by atoms with Crippen molar-refractivity contribution in [2.75, 3.05) is 0 Å². The van der Waals surface area contributed by atoms with Gasteiger partial charge in [-0.05, 0) is 67.8 Å². The highest BCUT2D eigenvalue weighted by atomic mass is 35.5. The van der Waals surface area contributed by atoms with Crippen LogP contribution < -0.4 is 4.74 Å². The zero-order valence-corrected chi connectivity index (χ0v) is 19.7. The molecule has 0 aliphatic rings. The Kier molecular flexibility index (Phi) is 8.13. The molecule has 2 atom stereocenters. The fourth-order valence-corrected chi connectivity index (χ4v) is 3.67. The first-order chi connectivity index (χ1) is 15.3. The average molecular weight is 449 g/mol. The van der Waals surface area contributed by atoms with Crippen molar-refractivity contribution in [3.05, 3.63) is 107 Å². The molecule has 0 bridgehead atoms.